The molecule has 0 saturated carbocycles. The zero-order chi connectivity index (χ0) is 16.2. The highest BCUT2D eigenvalue weighted by Crippen LogP contribution is 2.19. The number of aromatic amines is 1. The monoisotopic (exact) mass is 314 g/mol. The molecule has 0 aliphatic carbocycles. The predicted octanol–water partition coefficient (Wildman–Crippen LogP) is 4.16. The van der Waals surface area contributed by atoms with Crippen LogP contribution in [0.25, 0.3) is 11.0 Å². The molecule has 0 aliphatic heterocycles. The van der Waals surface area contributed by atoms with Crippen LogP contribution in [-0.4, -0.2) is 15.0 Å². The van der Waals surface area contributed by atoms with E-state index in [2.05, 4.69) is 44.5 Å². The molecular formula is C20H18N4. The van der Waals surface area contributed by atoms with E-state index in [0.29, 0.717) is 0 Å². The standard InChI is InChI=1S/C20H18N4/c1-2-5-15(6-3-1)12-22-19-9-8-16(13-23-19)11-17-14-24-20-18(17)7-4-10-21-20/h1-10,13-14H,11-12H2,(H,21,24)(H,22,23). The minimum Gasteiger partial charge on any atom is -0.366 e. The molecule has 4 nitrogen and oxygen atoms in total. The van der Waals surface area contributed by atoms with Crippen LogP contribution in [0.3, 0.4) is 0 Å². The van der Waals surface area contributed by atoms with Crippen molar-refractivity contribution in [1.82, 2.24) is 15.0 Å². The van der Waals surface area contributed by atoms with Crippen LogP contribution in [0.2, 0.25) is 0 Å². The average Bonchev–Trinajstić information content (AvgIpc) is 3.05. The fourth-order valence-corrected chi connectivity index (χ4v) is 2.80. The van der Waals surface area contributed by atoms with Gasteiger partial charge in [-0.25, -0.2) is 9.97 Å². The van der Waals surface area contributed by atoms with Crippen molar-refractivity contribution in [2.45, 2.75) is 13.0 Å². The first-order chi connectivity index (χ1) is 11.9. The summed E-state index contributed by atoms with van der Waals surface area (Å²) in [4.78, 5) is 12.1. The molecule has 0 saturated heterocycles. The number of hydrogen-bond donors (Lipinski definition) is 2. The molecule has 3 aromatic heterocycles. The van der Waals surface area contributed by atoms with Crippen molar-refractivity contribution in [3.63, 3.8) is 0 Å². The molecular weight excluding hydrogens is 296 g/mol. The van der Waals surface area contributed by atoms with Gasteiger partial charge in [0.05, 0.1) is 0 Å². The second kappa shape index (κ2) is 6.54. The van der Waals surface area contributed by atoms with E-state index in [-0.39, 0.29) is 0 Å². The molecule has 24 heavy (non-hydrogen) atoms. The summed E-state index contributed by atoms with van der Waals surface area (Å²) in [5.74, 6) is 0.892. The lowest BCUT2D eigenvalue weighted by Gasteiger charge is -2.06. The maximum atomic E-state index is 4.52. The Kier molecular flexibility index (Phi) is 3.94. The zero-order valence-corrected chi connectivity index (χ0v) is 13.2. The number of pyridine rings is 2. The van der Waals surface area contributed by atoms with Crippen molar-refractivity contribution in [1.29, 1.82) is 0 Å². The molecule has 0 fully saturated rings. The largest absolute Gasteiger partial charge is 0.366 e. The number of hydrogen-bond acceptors (Lipinski definition) is 3. The summed E-state index contributed by atoms with van der Waals surface area (Å²) in [6.45, 7) is 0.779. The summed E-state index contributed by atoms with van der Waals surface area (Å²) >= 11 is 0. The predicted molar refractivity (Wildman–Crippen MR) is 96.9 cm³/mol. The highest BCUT2D eigenvalue weighted by Gasteiger charge is 2.05. The van der Waals surface area contributed by atoms with E-state index in [4.69, 9.17) is 0 Å². The van der Waals surface area contributed by atoms with Gasteiger partial charge in [-0.05, 0) is 34.9 Å². The number of anilines is 1. The van der Waals surface area contributed by atoms with E-state index in [9.17, 15) is 0 Å². The van der Waals surface area contributed by atoms with Gasteiger partial charge in [0.25, 0.3) is 0 Å². The summed E-state index contributed by atoms with van der Waals surface area (Å²) in [6.07, 6.45) is 6.61. The quantitative estimate of drug-likeness (QED) is 0.581. The van der Waals surface area contributed by atoms with Crippen LogP contribution in [0.4, 0.5) is 5.82 Å². The first-order valence-electron chi connectivity index (χ1n) is 8.02. The molecule has 1 aromatic carbocycles. The van der Waals surface area contributed by atoms with E-state index >= 15 is 0 Å². The molecule has 0 aliphatic rings. The normalized spacial score (nSPS) is 10.8. The van der Waals surface area contributed by atoms with Crippen LogP contribution in [0, 0.1) is 0 Å². The minimum absolute atomic E-state index is 0.779. The number of benzene rings is 1. The number of nitrogens with zero attached hydrogens (tertiary/aromatic N) is 2. The van der Waals surface area contributed by atoms with Crippen LogP contribution >= 0.6 is 0 Å². The van der Waals surface area contributed by atoms with E-state index in [0.717, 1.165) is 24.4 Å². The summed E-state index contributed by atoms with van der Waals surface area (Å²) in [5.41, 5.74) is 4.60. The lowest BCUT2D eigenvalue weighted by molar-refractivity contribution is 1.09. The molecule has 0 radical (unpaired) electrons. The molecule has 0 bridgehead atoms. The van der Waals surface area contributed by atoms with E-state index in [1.807, 2.05) is 42.7 Å². The number of H-pyrrole nitrogens is 1. The van der Waals surface area contributed by atoms with Crippen LogP contribution in [-0.2, 0) is 13.0 Å². The lowest BCUT2D eigenvalue weighted by Crippen LogP contribution is -2.01. The van der Waals surface area contributed by atoms with Crippen LogP contribution in [0.5, 0.6) is 0 Å². The van der Waals surface area contributed by atoms with Gasteiger partial charge in [0.15, 0.2) is 0 Å². The van der Waals surface area contributed by atoms with Gasteiger partial charge in [-0.15, -0.1) is 0 Å². The van der Waals surface area contributed by atoms with Crippen molar-refractivity contribution in [3.05, 3.63) is 89.9 Å². The van der Waals surface area contributed by atoms with Gasteiger partial charge in [0, 0.05) is 36.9 Å². The summed E-state index contributed by atoms with van der Waals surface area (Å²) < 4.78 is 0. The van der Waals surface area contributed by atoms with Crippen molar-refractivity contribution >= 4 is 16.9 Å². The molecule has 4 aromatic rings. The fourth-order valence-electron chi connectivity index (χ4n) is 2.80. The first kappa shape index (κ1) is 14.5. The van der Waals surface area contributed by atoms with Gasteiger partial charge in [0.1, 0.15) is 11.5 Å². The molecule has 4 rings (SSSR count). The molecule has 0 spiro atoms. The van der Waals surface area contributed by atoms with E-state index in [1.165, 1.54) is 22.1 Å². The van der Waals surface area contributed by atoms with Crippen molar-refractivity contribution in [3.8, 4) is 0 Å². The molecule has 0 unspecified atom stereocenters. The Morgan fingerprint density at radius 1 is 0.875 bits per heavy atom. The van der Waals surface area contributed by atoms with Crippen molar-refractivity contribution < 1.29 is 0 Å². The molecule has 3 heterocycles. The second-order valence-corrected chi connectivity index (χ2v) is 5.78. The number of aromatic nitrogens is 3. The highest BCUT2D eigenvalue weighted by atomic mass is 15.0. The third-order valence-electron chi connectivity index (χ3n) is 4.07. The molecule has 4 heteroatoms. The highest BCUT2D eigenvalue weighted by molar-refractivity contribution is 5.79. The van der Waals surface area contributed by atoms with Crippen molar-refractivity contribution in [2.24, 2.45) is 0 Å². The van der Waals surface area contributed by atoms with Crippen LogP contribution < -0.4 is 5.32 Å². The summed E-state index contributed by atoms with van der Waals surface area (Å²) in [5, 5.41) is 4.52. The average molecular weight is 314 g/mol. The Morgan fingerprint density at radius 3 is 2.62 bits per heavy atom. The zero-order valence-electron chi connectivity index (χ0n) is 13.2. The van der Waals surface area contributed by atoms with E-state index in [1.54, 1.807) is 6.20 Å². The smallest absolute Gasteiger partial charge is 0.137 e. The van der Waals surface area contributed by atoms with Crippen molar-refractivity contribution in [2.75, 3.05) is 5.32 Å². The number of rotatable bonds is 5. The molecule has 0 atom stereocenters. The van der Waals surface area contributed by atoms with Gasteiger partial charge in [0.2, 0.25) is 0 Å². The second-order valence-electron chi connectivity index (χ2n) is 5.78. The Hall–Kier alpha value is -3.14. The molecule has 118 valence electrons. The minimum atomic E-state index is 0.779. The summed E-state index contributed by atoms with van der Waals surface area (Å²) in [7, 11) is 0. The Morgan fingerprint density at radius 2 is 1.79 bits per heavy atom. The van der Waals surface area contributed by atoms with Gasteiger partial charge < -0.3 is 10.3 Å². The van der Waals surface area contributed by atoms with E-state index < -0.39 is 0 Å². The first-order valence-corrected chi connectivity index (χ1v) is 8.02. The Bertz CT molecular complexity index is 927. The molecule has 0 amide bonds. The maximum absolute atomic E-state index is 4.52. The lowest BCUT2D eigenvalue weighted by atomic mass is 10.1. The SMILES string of the molecule is c1ccc(CNc2ccc(Cc3c[nH]c4ncccc34)cn2)cc1. The number of fused-ring (bicyclic) bond motifs is 1. The number of nitrogens with one attached hydrogen (secondary N) is 2. The van der Waals surface area contributed by atoms with Crippen LogP contribution in [0.15, 0.2) is 73.2 Å². The van der Waals surface area contributed by atoms with Gasteiger partial charge >= 0.3 is 0 Å². The molecule has 2 N–H and O–H groups in total. The topological polar surface area (TPSA) is 53.6 Å². The maximum Gasteiger partial charge on any atom is 0.137 e. The van der Waals surface area contributed by atoms with Gasteiger partial charge in [-0.1, -0.05) is 36.4 Å². The summed E-state index contributed by atoms with van der Waals surface area (Å²) in [6, 6.07) is 18.5. The fraction of sp³-hybridized carbons (Fsp3) is 0.100. The third kappa shape index (κ3) is 3.13. The van der Waals surface area contributed by atoms with Crippen LogP contribution in [0.1, 0.15) is 16.7 Å². The Labute approximate surface area is 140 Å². The van der Waals surface area contributed by atoms with Gasteiger partial charge in [-0.2, -0.15) is 0 Å². The third-order valence-corrected chi connectivity index (χ3v) is 4.07. The Balaban J connectivity index is 1.44. The van der Waals surface area contributed by atoms with Gasteiger partial charge in [-0.3, -0.25) is 0 Å².